The Labute approximate surface area is 193 Å². The molecule has 1 aromatic carbocycles. The Kier molecular flexibility index (Phi) is 6.24. The van der Waals surface area contributed by atoms with Crippen molar-refractivity contribution < 1.29 is 20.1 Å². The molecule has 0 radical (unpaired) electrons. The Morgan fingerprint density at radius 1 is 1.12 bits per heavy atom. The van der Waals surface area contributed by atoms with Crippen LogP contribution >= 0.6 is 23.4 Å². The van der Waals surface area contributed by atoms with E-state index in [0.29, 0.717) is 27.8 Å². The highest BCUT2D eigenvalue weighted by atomic mass is 35.5. The summed E-state index contributed by atoms with van der Waals surface area (Å²) in [6, 6.07) is 7.37. The number of imidazole rings is 1. The molecule has 0 spiro atoms. The van der Waals surface area contributed by atoms with Crippen molar-refractivity contribution in [1.82, 2.24) is 19.5 Å². The van der Waals surface area contributed by atoms with Gasteiger partial charge >= 0.3 is 0 Å². The number of hydrogen-bond donors (Lipinski definition) is 4. The van der Waals surface area contributed by atoms with Gasteiger partial charge in [-0.2, -0.15) is 0 Å². The molecule has 170 valence electrons. The van der Waals surface area contributed by atoms with Crippen molar-refractivity contribution in [1.29, 1.82) is 0 Å². The molecular formula is C21H24ClN5O4S. The van der Waals surface area contributed by atoms with Gasteiger partial charge in [0.15, 0.2) is 23.2 Å². The molecule has 0 unspecified atom stereocenters. The van der Waals surface area contributed by atoms with Crippen LogP contribution in [0.2, 0.25) is 5.02 Å². The lowest BCUT2D eigenvalue weighted by Gasteiger charge is -2.18. The van der Waals surface area contributed by atoms with Gasteiger partial charge < -0.3 is 25.4 Å². The highest BCUT2D eigenvalue weighted by Crippen LogP contribution is 2.36. The molecule has 4 N–H and O–H groups in total. The summed E-state index contributed by atoms with van der Waals surface area (Å²) in [5, 5.41) is 35.3. The van der Waals surface area contributed by atoms with E-state index in [1.165, 1.54) is 24.4 Å². The van der Waals surface area contributed by atoms with Crippen LogP contribution in [0.4, 0.5) is 5.82 Å². The second kappa shape index (κ2) is 9.12. The average Bonchev–Trinajstić information content (AvgIpc) is 3.47. The van der Waals surface area contributed by atoms with Crippen molar-refractivity contribution in [2.45, 2.75) is 60.8 Å². The van der Waals surface area contributed by atoms with Crippen LogP contribution in [0.5, 0.6) is 0 Å². The Morgan fingerprint density at radius 2 is 1.97 bits per heavy atom. The molecule has 32 heavy (non-hydrogen) atoms. The van der Waals surface area contributed by atoms with Gasteiger partial charge in [-0.05, 0) is 31.4 Å². The number of fused-ring (bicyclic) bond motifs is 1. The highest BCUT2D eigenvalue weighted by Gasteiger charge is 2.44. The second-order valence-electron chi connectivity index (χ2n) is 8.08. The molecule has 3 heterocycles. The zero-order valence-corrected chi connectivity index (χ0v) is 18.7. The van der Waals surface area contributed by atoms with Crippen LogP contribution in [0.3, 0.4) is 0 Å². The molecule has 1 aliphatic carbocycles. The van der Waals surface area contributed by atoms with Gasteiger partial charge in [-0.1, -0.05) is 23.7 Å². The fourth-order valence-electron chi connectivity index (χ4n) is 4.26. The van der Waals surface area contributed by atoms with Crippen molar-refractivity contribution in [3.63, 3.8) is 0 Å². The SMILES string of the molecule is O[C@@H]1[C@H](O)[C@@H](CSc2ccccc2Cl)O[C@@H]1n1cnc2c(N[C@@H]3CCC[C@H]3O)ncnc21. The minimum absolute atomic E-state index is 0.0837. The summed E-state index contributed by atoms with van der Waals surface area (Å²) >= 11 is 7.67. The van der Waals surface area contributed by atoms with Crippen LogP contribution in [-0.2, 0) is 4.74 Å². The van der Waals surface area contributed by atoms with E-state index in [9.17, 15) is 15.3 Å². The Hall–Kier alpha value is -1.95. The molecule has 6 atom stereocenters. The van der Waals surface area contributed by atoms with Crippen LogP contribution in [0.1, 0.15) is 25.5 Å². The van der Waals surface area contributed by atoms with Gasteiger partial charge in [0.1, 0.15) is 18.5 Å². The number of aliphatic hydroxyl groups is 3. The second-order valence-corrected chi connectivity index (χ2v) is 9.55. The molecule has 3 aromatic rings. The van der Waals surface area contributed by atoms with Gasteiger partial charge in [-0.3, -0.25) is 4.57 Å². The van der Waals surface area contributed by atoms with E-state index in [4.69, 9.17) is 16.3 Å². The molecule has 1 saturated heterocycles. The van der Waals surface area contributed by atoms with Gasteiger partial charge in [0.2, 0.25) is 0 Å². The number of aromatic nitrogens is 4. The van der Waals surface area contributed by atoms with Crippen LogP contribution in [0, 0.1) is 0 Å². The van der Waals surface area contributed by atoms with Crippen molar-refractivity contribution in [2.24, 2.45) is 0 Å². The maximum Gasteiger partial charge on any atom is 0.167 e. The van der Waals surface area contributed by atoms with Crippen LogP contribution < -0.4 is 5.32 Å². The van der Waals surface area contributed by atoms with Crippen LogP contribution in [0.15, 0.2) is 41.8 Å². The predicted octanol–water partition coefficient (Wildman–Crippen LogP) is 2.22. The van der Waals surface area contributed by atoms with Gasteiger partial charge in [-0.15, -0.1) is 11.8 Å². The number of nitrogens with one attached hydrogen (secondary N) is 1. The maximum absolute atomic E-state index is 10.7. The first-order valence-electron chi connectivity index (χ1n) is 10.5. The standard InChI is InChI=1S/C21H24ClN5O4S/c22-11-4-1-2-7-15(11)32-8-14-17(29)18(30)21(31-14)27-10-25-16-19(23-9-24-20(16)27)26-12-5-3-6-13(12)28/h1-2,4,7,9-10,12-14,17-18,21,28-30H,3,5-6,8H2,(H,23,24,26)/t12-,13-,14-,17-,18-,21+/m1/s1. The molecule has 0 amide bonds. The molecule has 0 bridgehead atoms. The average molecular weight is 478 g/mol. The third-order valence-electron chi connectivity index (χ3n) is 6.01. The molecule has 1 aliphatic heterocycles. The molecule has 9 nitrogen and oxygen atoms in total. The summed E-state index contributed by atoms with van der Waals surface area (Å²) in [6.45, 7) is 0. The number of nitrogens with zero attached hydrogens (tertiary/aromatic N) is 4. The number of benzene rings is 1. The molecule has 5 rings (SSSR count). The van der Waals surface area contributed by atoms with Crippen molar-refractivity contribution >= 4 is 40.3 Å². The summed E-state index contributed by atoms with van der Waals surface area (Å²) < 4.78 is 7.64. The number of thioether (sulfide) groups is 1. The summed E-state index contributed by atoms with van der Waals surface area (Å²) in [7, 11) is 0. The Bertz CT molecular complexity index is 1100. The fourth-order valence-corrected chi connectivity index (χ4v) is 5.56. The molecule has 2 aliphatic rings. The molecule has 2 aromatic heterocycles. The van der Waals surface area contributed by atoms with E-state index >= 15 is 0 Å². The first kappa shape index (κ1) is 21.9. The third kappa shape index (κ3) is 4.07. The number of rotatable bonds is 6. The summed E-state index contributed by atoms with van der Waals surface area (Å²) in [6.07, 6.45) is 1.43. The number of anilines is 1. The zero-order chi connectivity index (χ0) is 22.2. The summed E-state index contributed by atoms with van der Waals surface area (Å²) in [4.78, 5) is 13.9. The zero-order valence-electron chi connectivity index (χ0n) is 17.1. The van der Waals surface area contributed by atoms with Gasteiger partial charge in [-0.25, -0.2) is 15.0 Å². The number of aliphatic hydroxyl groups excluding tert-OH is 3. The topological polar surface area (TPSA) is 126 Å². The quantitative estimate of drug-likeness (QED) is 0.395. The van der Waals surface area contributed by atoms with Crippen molar-refractivity contribution in [3.8, 4) is 0 Å². The smallest absolute Gasteiger partial charge is 0.167 e. The van der Waals surface area contributed by atoms with Gasteiger partial charge in [0.25, 0.3) is 0 Å². The largest absolute Gasteiger partial charge is 0.391 e. The monoisotopic (exact) mass is 477 g/mol. The molecule has 11 heteroatoms. The Morgan fingerprint density at radius 3 is 2.75 bits per heavy atom. The Balaban J connectivity index is 1.34. The normalized spacial score (nSPS) is 30.2. The lowest BCUT2D eigenvalue weighted by molar-refractivity contribution is -0.0289. The lowest BCUT2D eigenvalue weighted by atomic mass is 10.1. The number of halogens is 1. The highest BCUT2D eigenvalue weighted by molar-refractivity contribution is 7.99. The van der Waals surface area contributed by atoms with E-state index in [1.54, 1.807) is 10.6 Å². The fraction of sp³-hybridized carbons (Fsp3) is 0.476. The predicted molar refractivity (Wildman–Crippen MR) is 121 cm³/mol. The summed E-state index contributed by atoms with van der Waals surface area (Å²) in [5.41, 5.74) is 0.997. The van der Waals surface area contributed by atoms with Crippen molar-refractivity contribution in [3.05, 3.63) is 41.9 Å². The molecular weight excluding hydrogens is 454 g/mol. The van der Waals surface area contributed by atoms with Crippen LogP contribution in [-0.4, -0.2) is 71.0 Å². The first-order chi connectivity index (χ1) is 15.5. The molecule has 2 fully saturated rings. The number of hydrogen-bond acceptors (Lipinski definition) is 9. The van der Waals surface area contributed by atoms with E-state index in [2.05, 4.69) is 20.3 Å². The minimum atomic E-state index is -1.15. The van der Waals surface area contributed by atoms with E-state index in [1.807, 2.05) is 18.2 Å². The van der Waals surface area contributed by atoms with Crippen molar-refractivity contribution in [2.75, 3.05) is 11.1 Å². The first-order valence-corrected chi connectivity index (χ1v) is 11.9. The van der Waals surface area contributed by atoms with E-state index < -0.39 is 30.6 Å². The lowest BCUT2D eigenvalue weighted by Crippen LogP contribution is -2.32. The number of ether oxygens (including phenoxy) is 1. The third-order valence-corrected chi connectivity index (χ3v) is 7.62. The summed E-state index contributed by atoms with van der Waals surface area (Å²) in [5.74, 6) is 0.950. The van der Waals surface area contributed by atoms with Crippen LogP contribution in [0.25, 0.3) is 11.2 Å². The van der Waals surface area contributed by atoms with E-state index in [0.717, 1.165) is 24.2 Å². The van der Waals surface area contributed by atoms with E-state index in [-0.39, 0.29) is 6.04 Å². The van der Waals surface area contributed by atoms with Gasteiger partial charge in [0, 0.05) is 10.6 Å². The molecule has 1 saturated carbocycles. The minimum Gasteiger partial charge on any atom is -0.391 e. The maximum atomic E-state index is 10.7. The van der Waals surface area contributed by atoms with Gasteiger partial charge in [0.05, 0.1) is 29.6 Å².